The molecule has 0 bridgehead atoms. The molecule has 0 saturated heterocycles. The van der Waals surface area contributed by atoms with Gasteiger partial charge in [-0.2, -0.15) is 5.26 Å². The molecule has 2 aromatic rings. The van der Waals surface area contributed by atoms with Crippen LogP contribution in [0.2, 0.25) is 0 Å². The maximum Gasteiger partial charge on any atom is 0.136 e. The largest absolute Gasteiger partial charge is 0.391 e. The van der Waals surface area contributed by atoms with Crippen molar-refractivity contribution >= 4 is 26.4 Å². The first-order valence-corrected chi connectivity index (χ1v) is 4.87. The number of hydrogen-bond donors (Lipinski definition) is 1. The molecule has 0 amide bonds. The highest BCUT2D eigenvalue weighted by Crippen LogP contribution is 2.30. The molecule has 0 aliphatic rings. The molecule has 0 atom stereocenters. The van der Waals surface area contributed by atoms with Crippen LogP contribution in [0.5, 0.6) is 0 Å². The van der Waals surface area contributed by atoms with Crippen LogP contribution in [0.25, 0.3) is 10.1 Å². The van der Waals surface area contributed by atoms with Gasteiger partial charge in [-0.3, -0.25) is 0 Å². The van der Waals surface area contributed by atoms with Crippen LogP contribution in [0.3, 0.4) is 0 Å². The van der Waals surface area contributed by atoms with Gasteiger partial charge in [0.2, 0.25) is 0 Å². The summed E-state index contributed by atoms with van der Waals surface area (Å²) in [6.45, 7) is 0. The van der Waals surface area contributed by atoms with Crippen LogP contribution >= 0.6 is 11.3 Å². The number of thiophene rings is 1. The first kappa shape index (κ1) is 8.97. The van der Waals surface area contributed by atoms with Crippen LogP contribution < -0.4 is 5.73 Å². The molecule has 2 N–H and O–H groups in total. The van der Waals surface area contributed by atoms with Crippen molar-refractivity contribution in [1.29, 1.82) is 5.26 Å². The zero-order valence-electron chi connectivity index (χ0n) is 7.25. The highest BCUT2D eigenvalue weighted by molar-refractivity contribution is 7.22. The minimum atomic E-state index is -0.322. The van der Waals surface area contributed by atoms with Gasteiger partial charge in [0.15, 0.2) is 0 Å². The van der Waals surface area contributed by atoms with E-state index in [0.29, 0.717) is 16.0 Å². The normalized spacial score (nSPS) is 10.3. The number of anilines is 1. The Morgan fingerprint density at radius 2 is 2.29 bits per heavy atom. The van der Waals surface area contributed by atoms with Crippen LogP contribution in [0.15, 0.2) is 18.2 Å². The number of nitrogens with zero attached hydrogens (tertiary/aromatic N) is 1. The lowest BCUT2D eigenvalue weighted by molar-refractivity contribution is 0.628. The molecule has 1 aromatic heterocycles. The summed E-state index contributed by atoms with van der Waals surface area (Å²) < 4.78 is 14.5. The third-order valence-electron chi connectivity index (χ3n) is 2.00. The maximum atomic E-state index is 13.7. The average Bonchev–Trinajstić information content (AvgIpc) is 2.52. The zero-order chi connectivity index (χ0) is 10.1. The lowest BCUT2D eigenvalue weighted by Crippen LogP contribution is -1.87. The van der Waals surface area contributed by atoms with Crippen molar-refractivity contribution in [3.63, 3.8) is 0 Å². The van der Waals surface area contributed by atoms with E-state index in [1.165, 1.54) is 11.3 Å². The number of nitrogen functional groups attached to an aromatic ring is 1. The number of hydrogen-bond acceptors (Lipinski definition) is 3. The van der Waals surface area contributed by atoms with Crippen molar-refractivity contribution in [3.8, 4) is 6.07 Å². The summed E-state index contributed by atoms with van der Waals surface area (Å²) in [5.74, 6) is -0.322. The second-order valence-electron chi connectivity index (χ2n) is 2.93. The molecular formula is C10H7FN2S. The van der Waals surface area contributed by atoms with Gasteiger partial charge >= 0.3 is 0 Å². The molecule has 0 unspecified atom stereocenters. The zero-order valence-corrected chi connectivity index (χ0v) is 8.07. The average molecular weight is 206 g/mol. The standard InChI is InChI=1S/C10H7FN2S/c11-10-6(3-4-12)1-2-8-7(10)5-9(13)14-8/h1-2,5H,3,13H2. The van der Waals surface area contributed by atoms with E-state index < -0.39 is 0 Å². The number of nitriles is 1. The number of halogens is 1. The van der Waals surface area contributed by atoms with Crippen molar-refractivity contribution in [3.05, 3.63) is 29.6 Å². The van der Waals surface area contributed by atoms with Crippen LogP contribution in [-0.2, 0) is 6.42 Å². The van der Waals surface area contributed by atoms with Gasteiger partial charge in [0.05, 0.1) is 17.5 Å². The molecule has 0 saturated carbocycles. The molecule has 1 heterocycles. The van der Waals surface area contributed by atoms with E-state index in [0.717, 1.165) is 4.70 Å². The molecule has 4 heteroatoms. The summed E-state index contributed by atoms with van der Waals surface area (Å²) in [7, 11) is 0. The van der Waals surface area contributed by atoms with E-state index in [4.69, 9.17) is 11.0 Å². The molecule has 70 valence electrons. The quantitative estimate of drug-likeness (QED) is 0.779. The molecule has 0 aliphatic carbocycles. The fraction of sp³-hybridized carbons (Fsp3) is 0.100. The minimum absolute atomic E-state index is 0.0948. The molecule has 1 aromatic carbocycles. The molecule has 2 rings (SSSR count). The third-order valence-corrected chi connectivity index (χ3v) is 2.93. The molecule has 0 aliphatic heterocycles. The molecule has 0 fully saturated rings. The predicted molar refractivity (Wildman–Crippen MR) is 55.5 cm³/mol. The van der Waals surface area contributed by atoms with Gasteiger partial charge in [-0.05, 0) is 12.1 Å². The van der Waals surface area contributed by atoms with Crippen molar-refractivity contribution in [2.24, 2.45) is 0 Å². The van der Waals surface area contributed by atoms with E-state index in [1.54, 1.807) is 18.2 Å². The van der Waals surface area contributed by atoms with E-state index in [-0.39, 0.29) is 12.2 Å². The lowest BCUT2D eigenvalue weighted by atomic mass is 10.1. The third kappa shape index (κ3) is 1.32. The van der Waals surface area contributed by atoms with Gasteiger partial charge in [-0.25, -0.2) is 4.39 Å². The smallest absolute Gasteiger partial charge is 0.136 e. The Hall–Kier alpha value is -1.60. The Morgan fingerprint density at radius 1 is 1.50 bits per heavy atom. The molecule has 14 heavy (non-hydrogen) atoms. The van der Waals surface area contributed by atoms with Crippen molar-refractivity contribution in [2.45, 2.75) is 6.42 Å². The molecule has 2 nitrogen and oxygen atoms in total. The van der Waals surface area contributed by atoms with Gasteiger partial charge in [0, 0.05) is 15.6 Å². The Kier molecular flexibility index (Phi) is 2.10. The summed E-state index contributed by atoms with van der Waals surface area (Å²) >= 11 is 1.35. The monoisotopic (exact) mass is 206 g/mol. The fourth-order valence-electron chi connectivity index (χ4n) is 1.36. The topological polar surface area (TPSA) is 49.8 Å². The lowest BCUT2D eigenvalue weighted by Gasteiger charge is -1.98. The number of nitrogens with two attached hydrogens (primary N) is 1. The Labute approximate surface area is 84.4 Å². The van der Waals surface area contributed by atoms with E-state index in [9.17, 15) is 4.39 Å². The second-order valence-corrected chi connectivity index (χ2v) is 4.05. The van der Waals surface area contributed by atoms with Crippen LogP contribution in [0.4, 0.5) is 9.39 Å². The Morgan fingerprint density at radius 3 is 3.00 bits per heavy atom. The number of rotatable bonds is 1. The fourth-order valence-corrected chi connectivity index (χ4v) is 2.19. The second kappa shape index (κ2) is 3.28. The molecule has 0 radical (unpaired) electrons. The van der Waals surface area contributed by atoms with Crippen molar-refractivity contribution in [2.75, 3.05) is 5.73 Å². The van der Waals surface area contributed by atoms with Crippen molar-refractivity contribution < 1.29 is 4.39 Å². The molecular weight excluding hydrogens is 199 g/mol. The van der Waals surface area contributed by atoms with Gasteiger partial charge < -0.3 is 5.73 Å². The number of benzene rings is 1. The van der Waals surface area contributed by atoms with Crippen LogP contribution in [0.1, 0.15) is 5.56 Å². The van der Waals surface area contributed by atoms with E-state index in [2.05, 4.69) is 0 Å². The summed E-state index contributed by atoms with van der Waals surface area (Å²) in [5, 5.41) is 9.59. The minimum Gasteiger partial charge on any atom is -0.391 e. The van der Waals surface area contributed by atoms with Crippen LogP contribution in [0, 0.1) is 17.1 Å². The molecule has 0 spiro atoms. The maximum absolute atomic E-state index is 13.7. The SMILES string of the molecule is N#CCc1ccc2sc(N)cc2c1F. The van der Waals surface area contributed by atoms with E-state index >= 15 is 0 Å². The summed E-state index contributed by atoms with van der Waals surface area (Å²) in [5.41, 5.74) is 6.00. The summed E-state index contributed by atoms with van der Waals surface area (Å²) in [6, 6.07) is 6.97. The highest BCUT2D eigenvalue weighted by atomic mass is 32.1. The van der Waals surface area contributed by atoms with Gasteiger partial charge in [0.25, 0.3) is 0 Å². The van der Waals surface area contributed by atoms with E-state index in [1.807, 2.05) is 6.07 Å². The first-order chi connectivity index (χ1) is 6.72. The van der Waals surface area contributed by atoms with Crippen LogP contribution in [-0.4, -0.2) is 0 Å². The Bertz CT molecular complexity index is 525. The van der Waals surface area contributed by atoms with Gasteiger partial charge in [-0.1, -0.05) is 6.07 Å². The van der Waals surface area contributed by atoms with Gasteiger partial charge in [-0.15, -0.1) is 11.3 Å². The van der Waals surface area contributed by atoms with Gasteiger partial charge in [0.1, 0.15) is 5.82 Å². The Balaban J connectivity index is 2.69. The highest BCUT2D eigenvalue weighted by Gasteiger charge is 2.09. The van der Waals surface area contributed by atoms with Crippen molar-refractivity contribution in [1.82, 2.24) is 0 Å². The number of fused-ring (bicyclic) bond motifs is 1. The first-order valence-electron chi connectivity index (χ1n) is 4.05. The predicted octanol–water partition coefficient (Wildman–Crippen LogP) is 2.69. The summed E-state index contributed by atoms with van der Waals surface area (Å²) in [6.07, 6.45) is 0.0948. The summed E-state index contributed by atoms with van der Waals surface area (Å²) in [4.78, 5) is 0.